The Balaban J connectivity index is 2.12. The van der Waals surface area contributed by atoms with Gasteiger partial charge in [-0.1, -0.05) is 48.5 Å². The van der Waals surface area contributed by atoms with Crippen LogP contribution in [0, 0.1) is 0 Å². The molecule has 0 atom stereocenters. The molecule has 5 aromatic rings. The van der Waals surface area contributed by atoms with Crippen LogP contribution >= 0.6 is 0 Å². The zero-order valence-electron chi connectivity index (χ0n) is 15.4. The van der Waals surface area contributed by atoms with Crippen molar-refractivity contribution in [3.63, 3.8) is 0 Å². The lowest BCUT2D eigenvalue weighted by molar-refractivity contribution is 0.0601. The monoisotopic (exact) mass is 368 g/mol. The molecule has 0 bridgehead atoms. The number of carbonyl (C=O) groups is 2. The number of esters is 2. The van der Waals surface area contributed by atoms with E-state index in [0.29, 0.717) is 16.5 Å². The number of fused-ring (bicyclic) bond motifs is 2. The topological polar surface area (TPSA) is 52.6 Å². The van der Waals surface area contributed by atoms with E-state index < -0.39 is 11.9 Å². The van der Waals surface area contributed by atoms with Crippen molar-refractivity contribution in [2.75, 3.05) is 14.2 Å². The highest BCUT2D eigenvalue weighted by Crippen LogP contribution is 2.42. The number of ether oxygens (including phenoxy) is 2. The summed E-state index contributed by atoms with van der Waals surface area (Å²) in [6.07, 6.45) is 0. The van der Waals surface area contributed by atoms with Gasteiger partial charge in [0.1, 0.15) is 0 Å². The van der Waals surface area contributed by atoms with Crippen LogP contribution in [0.3, 0.4) is 0 Å². The number of hydrogen-bond acceptors (Lipinski definition) is 4. The molecule has 0 unspecified atom stereocenters. The van der Waals surface area contributed by atoms with Gasteiger partial charge in [0.25, 0.3) is 0 Å². The Kier molecular flexibility index (Phi) is 3.49. The van der Waals surface area contributed by atoms with Crippen LogP contribution in [0.5, 0.6) is 0 Å². The molecule has 0 saturated heterocycles. The van der Waals surface area contributed by atoms with Gasteiger partial charge in [-0.05, 0) is 49.8 Å². The molecule has 5 rings (SSSR count). The van der Waals surface area contributed by atoms with Crippen molar-refractivity contribution in [3.05, 3.63) is 71.8 Å². The quantitative estimate of drug-likeness (QED) is 0.241. The molecule has 0 heterocycles. The lowest BCUT2D eigenvalue weighted by Crippen LogP contribution is -2.08. The van der Waals surface area contributed by atoms with Gasteiger partial charge in [-0.3, -0.25) is 0 Å². The second-order valence-corrected chi connectivity index (χ2v) is 6.76. The molecule has 0 spiro atoms. The van der Waals surface area contributed by atoms with Crippen LogP contribution in [0.2, 0.25) is 0 Å². The highest BCUT2D eigenvalue weighted by atomic mass is 16.5. The molecule has 0 aliphatic rings. The Bertz CT molecular complexity index is 1310. The Morgan fingerprint density at radius 1 is 0.571 bits per heavy atom. The summed E-state index contributed by atoms with van der Waals surface area (Å²) in [7, 11) is 2.68. The summed E-state index contributed by atoms with van der Waals surface area (Å²) in [5, 5.41) is 7.93. The minimum atomic E-state index is -0.481. The van der Waals surface area contributed by atoms with E-state index in [0.717, 1.165) is 32.3 Å². The summed E-state index contributed by atoms with van der Waals surface area (Å²) in [6.45, 7) is 0. The molecule has 28 heavy (non-hydrogen) atoms. The first-order valence-electron chi connectivity index (χ1n) is 8.94. The normalized spacial score (nSPS) is 11.5. The number of methoxy groups -OCH3 is 2. The third-order valence-electron chi connectivity index (χ3n) is 5.46. The fourth-order valence-electron chi connectivity index (χ4n) is 4.29. The summed E-state index contributed by atoms with van der Waals surface area (Å²) in [5.41, 5.74) is 0.713. The Labute approximate surface area is 160 Å². The summed E-state index contributed by atoms with van der Waals surface area (Å²) in [4.78, 5) is 25.0. The minimum Gasteiger partial charge on any atom is -0.465 e. The Hall–Kier alpha value is -3.66. The molecule has 0 aliphatic carbocycles. The van der Waals surface area contributed by atoms with E-state index in [1.54, 1.807) is 12.1 Å². The fraction of sp³-hybridized carbons (Fsp3) is 0.0833. The lowest BCUT2D eigenvalue weighted by Gasteiger charge is -2.17. The predicted molar refractivity (Wildman–Crippen MR) is 110 cm³/mol. The number of hydrogen-bond donors (Lipinski definition) is 0. The molecule has 4 nitrogen and oxygen atoms in total. The first-order valence-corrected chi connectivity index (χ1v) is 8.94. The summed E-state index contributed by atoms with van der Waals surface area (Å²) in [6, 6.07) is 19.7. The van der Waals surface area contributed by atoms with E-state index in [2.05, 4.69) is 24.3 Å². The van der Waals surface area contributed by atoms with E-state index in [9.17, 15) is 9.59 Å². The summed E-state index contributed by atoms with van der Waals surface area (Å²) < 4.78 is 9.96. The molecular formula is C24H16O4. The Morgan fingerprint density at radius 2 is 1.04 bits per heavy atom. The van der Waals surface area contributed by atoms with Crippen LogP contribution in [0.25, 0.3) is 43.1 Å². The maximum Gasteiger partial charge on any atom is 0.338 e. The number of carbonyl (C=O) groups excluding carboxylic acids is 2. The van der Waals surface area contributed by atoms with Crippen LogP contribution in [0.4, 0.5) is 0 Å². The van der Waals surface area contributed by atoms with Crippen molar-refractivity contribution >= 4 is 55.0 Å². The van der Waals surface area contributed by atoms with Crippen molar-refractivity contribution in [2.45, 2.75) is 0 Å². The smallest absolute Gasteiger partial charge is 0.338 e. The van der Waals surface area contributed by atoms with E-state index >= 15 is 0 Å². The summed E-state index contributed by atoms with van der Waals surface area (Å²) in [5.74, 6) is -0.961. The highest BCUT2D eigenvalue weighted by molar-refractivity contribution is 6.35. The molecule has 0 fully saturated rings. The second kappa shape index (κ2) is 5.92. The van der Waals surface area contributed by atoms with Crippen LogP contribution in [-0.2, 0) is 9.47 Å². The molecule has 0 N–H and O–H groups in total. The van der Waals surface area contributed by atoms with Gasteiger partial charge in [0.15, 0.2) is 0 Å². The van der Waals surface area contributed by atoms with Crippen molar-refractivity contribution in [1.29, 1.82) is 0 Å². The van der Waals surface area contributed by atoms with Gasteiger partial charge in [0.2, 0.25) is 0 Å². The van der Waals surface area contributed by atoms with Gasteiger partial charge in [-0.2, -0.15) is 0 Å². The van der Waals surface area contributed by atoms with E-state index in [4.69, 9.17) is 9.47 Å². The third kappa shape index (κ3) is 2.06. The fourth-order valence-corrected chi connectivity index (χ4v) is 4.29. The molecule has 0 amide bonds. The van der Waals surface area contributed by atoms with E-state index in [-0.39, 0.29) is 0 Å². The van der Waals surface area contributed by atoms with Crippen molar-refractivity contribution in [2.24, 2.45) is 0 Å². The summed E-state index contributed by atoms with van der Waals surface area (Å²) >= 11 is 0. The second-order valence-electron chi connectivity index (χ2n) is 6.76. The van der Waals surface area contributed by atoms with E-state index in [1.165, 1.54) is 19.6 Å². The third-order valence-corrected chi connectivity index (χ3v) is 5.46. The SMILES string of the molecule is COC(=O)c1ccc2c3cccc4cccc(c5ccc(C(=O)OC)c1c25)c43. The zero-order valence-corrected chi connectivity index (χ0v) is 15.4. The molecular weight excluding hydrogens is 352 g/mol. The standard InChI is InChI=1S/C24H16O4/c1-27-23(25)18-11-9-16-14-7-3-5-13-6-4-8-15(20(13)14)17-10-12-19(24(26)28-2)22(18)21(16)17/h3-12H,1-2H3. The van der Waals surface area contributed by atoms with Crippen LogP contribution < -0.4 is 0 Å². The maximum atomic E-state index is 12.5. The molecule has 0 saturated carbocycles. The average Bonchev–Trinajstić information content (AvgIpc) is 2.75. The first-order chi connectivity index (χ1) is 13.7. The Morgan fingerprint density at radius 3 is 1.50 bits per heavy atom. The first kappa shape index (κ1) is 16.5. The van der Waals surface area contributed by atoms with Crippen LogP contribution in [0.1, 0.15) is 20.7 Å². The van der Waals surface area contributed by atoms with Gasteiger partial charge in [-0.25, -0.2) is 9.59 Å². The molecule has 5 aromatic carbocycles. The average molecular weight is 368 g/mol. The van der Waals surface area contributed by atoms with Gasteiger partial charge < -0.3 is 9.47 Å². The van der Waals surface area contributed by atoms with Gasteiger partial charge in [0.05, 0.1) is 25.3 Å². The van der Waals surface area contributed by atoms with Gasteiger partial charge in [-0.15, -0.1) is 0 Å². The minimum absolute atomic E-state index is 0.357. The van der Waals surface area contributed by atoms with Crippen molar-refractivity contribution in [3.8, 4) is 0 Å². The lowest BCUT2D eigenvalue weighted by atomic mass is 9.86. The zero-order chi connectivity index (χ0) is 19.4. The molecule has 0 aromatic heterocycles. The van der Waals surface area contributed by atoms with Crippen LogP contribution in [0.15, 0.2) is 60.7 Å². The maximum absolute atomic E-state index is 12.5. The van der Waals surface area contributed by atoms with E-state index in [1.807, 2.05) is 24.3 Å². The highest BCUT2D eigenvalue weighted by Gasteiger charge is 2.22. The van der Waals surface area contributed by atoms with Gasteiger partial charge in [0, 0.05) is 5.39 Å². The molecule has 136 valence electrons. The van der Waals surface area contributed by atoms with Gasteiger partial charge >= 0.3 is 11.9 Å². The molecule has 0 aliphatic heterocycles. The number of benzene rings is 5. The molecule has 4 heteroatoms. The van der Waals surface area contributed by atoms with Crippen molar-refractivity contribution in [1.82, 2.24) is 0 Å². The number of rotatable bonds is 2. The predicted octanol–water partition coefficient (Wildman–Crippen LogP) is 5.31. The molecule has 0 radical (unpaired) electrons. The largest absolute Gasteiger partial charge is 0.465 e. The van der Waals surface area contributed by atoms with Crippen molar-refractivity contribution < 1.29 is 19.1 Å². The van der Waals surface area contributed by atoms with Crippen LogP contribution in [-0.4, -0.2) is 26.2 Å².